The van der Waals surface area contributed by atoms with Crippen LogP contribution in [0.15, 0.2) is 77.7 Å². The largest absolute Gasteiger partial charge is 0.337 e. The first-order valence-corrected chi connectivity index (χ1v) is 8.96. The van der Waals surface area contributed by atoms with E-state index in [-0.39, 0.29) is 24.0 Å². The second-order valence-electron chi connectivity index (χ2n) is 6.43. The number of hydrogen-bond donors (Lipinski definition) is 0. The molecule has 6 nitrogen and oxygen atoms in total. The van der Waals surface area contributed by atoms with E-state index in [1.54, 1.807) is 31.4 Å². The number of hydrogen-bond acceptors (Lipinski definition) is 5. The number of aromatic nitrogens is 3. The molecule has 0 saturated heterocycles. The summed E-state index contributed by atoms with van der Waals surface area (Å²) in [5.41, 5.74) is 3.11. The highest BCUT2D eigenvalue weighted by atomic mass is 19.1. The minimum Gasteiger partial charge on any atom is -0.337 e. The Morgan fingerprint density at radius 2 is 1.83 bits per heavy atom. The monoisotopic (exact) mass is 388 g/mol. The molecule has 0 spiro atoms. The molecular weight excluding hydrogens is 371 g/mol. The third-order valence-corrected chi connectivity index (χ3v) is 4.51. The Kier molecular flexibility index (Phi) is 5.11. The molecule has 0 unspecified atom stereocenters. The van der Waals surface area contributed by atoms with Gasteiger partial charge in [0.15, 0.2) is 0 Å². The number of anilines is 1. The molecule has 0 fully saturated rings. The van der Waals surface area contributed by atoms with Crippen LogP contribution in [0.3, 0.4) is 0 Å². The summed E-state index contributed by atoms with van der Waals surface area (Å²) in [6.45, 7) is 0. The van der Waals surface area contributed by atoms with Gasteiger partial charge in [0.2, 0.25) is 11.8 Å². The highest BCUT2D eigenvalue weighted by Crippen LogP contribution is 2.38. The summed E-state index contributed by atoms with van der Waals surface area (Å²) in [5.74, 6) is -0.242. The van der Waals surface area contributed by atoms with Crippen molar-refractivity contribution >= 4 is 11.8 Å². The molecule has 0 atom stereocenters. The van der Waals surface area contributed by atoms with Gasteiger partial charge in [-0.15, -0.1) is 0 Å². The van der Waals surface area contributed by atoms with E-state index < -0.39 is 0 Å². The Balaban J connectivity index is 1.75. The first kappa shape index (κ1) is 18.5. The second-order valence-corrected chi connectivity index (χ2v) is 6.43. The maximum Gasteiger partial charge on any atom is 0.243 e. The van der Waals surface area contributed by atoms with Crippen molar-refractivity contribution in [2.75, 3.05) is 11.9 Å². The molecule has 0 aliphatic heterocycles. The molecule has 0 saturated carbocycles. The van der Waals surface area contributed by atoms with E-state index in [2.05, 4.69) is 15.1 Å². The highest BCUT2D eigenvalue weighted by molar-refractivity contribution is 5.98. The van der Waals surface area contributed by atoms with Crippen LogP contribution in [-0.4, -0.2) is 28.1 Å². The Labute approximate surface area is 166 Å². The van der Waals surface area contributed by atoms with Crippen LogP contribution in [0.5, 0.6) is 0 Å². The molecule has 144 valence electrons. The van der Waals surface area contributed by atoms with Gasteiger partial charge in [0.25, 0.3) is 0 Å². The summed E-state index contributed by atoms with van der Waals surface area (Å²) in [5, 5.41) is 4.15. The number of nitrogens with zero attached hydrogens (tertiary/aromatic N) is 4. The molecular formula is C22H17FN4O2. The van der Waals surface area contributed by atoms with E-state index in [4.69, 9.17) is 4.52 Å². The number of carbonyl (C=O) groups is 1. The van der Waals surface area contributed by atoms with E-state index in [0.29, 0.717) is 22.5 Å². The minimum atomic E-state index is -0.351. The van der Waals surface area contributed by atoms with Crippen molar-refractivity contribution in [1.82, 2.24) is 15.1 Å². The van der Waals surface area contributed by atoms with Crippen molar-refractivity contribution in [3.63, 3.8) is 0 Å². The number of benzene rings is 2. The zero-order valence-corrected chi connectivity index (χ0v) is 15.6. The maximum absolute atomic E-state index is 13.4. The standard InChI is InChI=1S/C22H17FN4O2/c1-27(19(28)13-15-5-3-2-4-6-15)22-20(18-11-12-24-14-25-18)21(26-29-22)16-7-9-17(23)10-8-16/h2-12,14H,13H2,1H3. The number of carbonyl (C=O) groups excluding carboxylic acids is 1. The average molecular weight is 388 g/mol. The first-order valence-electron chi connectivity index (χ1n) is 8.96. The van der Waals surface area contributed by atoms with E-state index in [0.717, 1.165) is 5.56 Å². The maximum atomic E-state index is 13.4. The van der Waals surface area contributed by atoms with Gasteiger partial charge in [-0.05, 0) is 35.9 Å². The van der Waals surface area contributed by atoms with Crippen LogP contribution in [0.25, 0.3) is 22.5 Å². The van der Waals surface area contributed by atoms with Crippen LogP contribution in [0.4, 0.5) is 10.3 Å². The van der Waals surface area contributed by atoms with E-state index in [1.165, 1.54) is 23.4 Å². The van der Waals surface area contributed by atoms with Crippen molar-refractivity contribution in [2.24, 2.45) is 0 Å². The van der Waals surface area contributed by atoms with Gasteiger partial charge in [0, 0.05) is 18.8 Å². The van der Waals surface area contributed by atoms with E-state index in [9.17, 15) is 9.18 Å². The quantitative estimate of drug-likeness (QED) is 0.514. The lowest BCUT2D eigenvalue weighted by molar-refractivity contribution is -0.117. The molecule has 7 heteroatoms. The Morgan fingerprint density at radius 3 is 2.52 bits per heavy atom. The Hall–Kier alpha value is -3.87. The fraction of sp³-hybridized carbons (Fsp3) is 0.0909. The minimum absolute atomic E-state index is 0.159. The average Bonchev–Trinajstić information content (AvgIpc) is 3.20. The van der Waals surface area contributed by atoms with Crippen LogP contribution in [-0.2, 0) is 11.2 Å². The lowest BCUT2D eigenvalue weighted by atomic mass is 10.0. The molecule has 2 aromatic heterocycles. The van der Waals surface area contributed by atoms with Crippen LogP contribution < -0.4 is 4.90 Å². The molecule has 29 heavy (non-hydrogen) atoms. The summed E-state index contributed by atoms with van der Waals surface area (Å²) in [6.07, 6.45) is 3.22. The first-order chi connectivity index (χ1) is 14.1. The van der Waals surface area contributed by atoms with Gasteiger partial charge in [-0.25, -0.2) is 14.4 Å². The highest BCUT2D eigenvalue weighted by Gasteiger charge is 2.26. The molecule has 0 aliphatic rings. The summed E-state index contributed by atoms with van der Waals surface area (Å²) < 4.78 is 18.9. The van der Waals surface area contributed by atoms with Gasteiger partial charge in [0.05, 0.1) is 17.7 Å². The molecule has 2 aromatic carbocycles. The number of likely N-dealkylation sites (N-methyl/N-ethyl adjacent to an activating group) is 1. The topological polar surface area (TPSA) is 72.1 Å². The zero-order chi connectivity index (χ0) is 20.2. The summed E-state index contributed by atoms with van der Waals surface area (Å²) in [4.78, 5) is 22.5. The molecule has 0 aliphatic carbocycles. The fourth-order valence-corrected chi connectivity index (χ4v) is 2.99. The van der Waals surface area contributed by atoms with Gasteiger partial charge in [-0.2, -0.15) is 0 Å². The summed E-state index contributed by atoms with van der Waals surface area (Å²) in [7, 11) is 1.63. The number of rotatable bonds is 5. The van der Waals surface area contributed by atoms with Crippen molar-refractivity contribution in [3.8, 4) is 22.5 Å². The number of halogens is 1. The Bertz CT molecular complexity index is 1110. The number of amides is 1. The zero-order valence-electron chi connectivity index (χ0n) is 15.6. The third kappa shape index (κ3) is 3.89. The lowest BCUT2D eigenvalue weighted by Crippen LogP contribution is -2.28. The Morgan fingerprint density at radius 1 is 1.07 bits per heavy atom. The van der Waals surface area contributed by atoms with Crippen LogP contribution in [0, 0.1) is 5.82 Å². The molecule has 4 rings (SSSR count). The predicted molar refractivity (Wildman–Crippen MR) is 106 cm³/mol. The van der Waals surface area contributed by atoms with Crippen LogP contribution in [0.1, 0.15) is 5.56 Å². The fourth-order valence-electron chi connectivity index (χ4n) is 2.99. The van der Waals surface area contributed by atoms with Gasteiger partial charge in [-0.3, -0.25) is 9.69 Å². The van der Waals surface area contributed by atoms with E-state index >= 15 is 0 Å². The smallest absolute Gasteiger partial charge is 0.243 e. The van der Waals surface area contributed by atoms with Crippen molar-refractivity contribution < 1.29 is 13.7 Å². The molecule has 1 amide bonds. The van der Waals surface area contributed by atoms with Crippen molar-refractivity contribution in [1.29, 1.82) is 0 Å². The normalized spacial score (nSPS) is 10.7. The van der Waals surface area contributed by atoms with Gasteiger partial charge < -0.3 is 4.52 Å². The SMILES string of the molecule is CN(C(=O)Cc1ccccc1)c1onc(-c2ccc(F)cc2)c1-c1ccncn1. The van der Waals surface area contributed by atoms with Gasteiger partial charge in [-0.1, -0.05) is 35.5 Å². The van der Waals surface area contributed by atoms with Crippen molar-refractivity contribution in [3.05, 3.63) is 84.6 Å². The molecule has 4 aromatic rings. The van der Waals surface area contributed by atoms with E-state index in [1.807, 2.05) is 30.3 Å². The van der Waals surface area contributed by atoms with Gasteiger partial charge in [0.1, 0.15) is 17.8 Å². The molecule has 0 bridgehead atoms. The third-order valence-electron chi connectivity index (χ3n) is 4.51. The molecule has 2 heterocycles. The van der Waals surface area contributed by atoms with Crippen LogP contribution >= 0.6 is 0 Å². The second kappa shape index (κ2) is 8.02. The summed E-state index contributed by atoms with van der Waals surface area (Å²) in [6, 6.07) is 17.1. The molecule has 0 radical (unpaired) electrons. The summed E-state index contributed by atoms with van der Waals surface area (Å²) >= 11 is 0. The van der Waals surface area contributed by atoms with Crippen LogP contribution in [0.2, 0.25) is 0 Å². The van der Waals surface area contributed by atoms with Gasteiger partial charge >= 0.3 is 0 Å². The lowest BCUT2D eigenvalue weighted by Gasteiger charge is -2.15. The van der Waals surface area contributed by atoms with Crippen molar-refractivity contribution in [2.45, 2.75) is 6.42 Å². The molecule has 0 N–H and O–H groups in total. The predicted octanol–water partition coefficient (Wildman–Crippen LogP) is 4.14.